The van der Waals surface area contributed by atoms with Crippen LogP contribution >= 0.6 is 0 Å². The van der Waals surface area contributed by atoms with Crippen LogP contribution < -0.4 is 5.32 Å². The molecule has 0 radical (unpaired) electrons. The molecule has 11 rings (SSSR count). The molecule has 0 fully saturated rings. The Labute approximate surface area is 362 Å². The molecule has 1 unspecified atom stereocenters. The van der Waals surface area contributed by atoms with Gasteiger partial charge >= 0.3 is 0 Å². The van der Waals surface area contributed by atoms with Gasteiger partial charge in [-0.1, -0.05) is 170 Å². The van der Waals surface area contributed by atoms with Crippen molar-refractivity contribution < 1.29 is 0 Å². The first-order valence-corrected chi connectivity index (χ1v) is 21.3. The molecular weight excluding hydrogens is 751 g/mol. The Morgan fingerprint density at radius 3 is 1.87 bits per heavy atom. The lowest BCUT2D eigenvalue weighted by Gasteiger charge is -2.28. The van der Waals surface area contributed by atoms with Gasteiger partial charge < -0.3 is 9.88 Å². The van der Waals surface area contributed by atoms with Crippen LogP contribution in [0.2, 0.25) is 0 Å². The molecule has 294 valence electrons. The SMILES string of the molecule is C=C(/C=C(\C=C(/C)C1NC(c2ccc(-n3c4ccc5ccccc5c4c4c5ccc(-c6ccccc6)cc5ccc43)cc2)=Nc2ccccc21)c1ccccc1)c1ccccc1. The van der Waals surface area contributed by atoms with Crippen molar-refractivity contribution in [1.29, 1.82) is 0 Å². The summed E-state index contributed by atoms with van der Waals surface area (Å²) in [4.78, 5) is 5.21. The van der Waals surface area contributed by atoms with Gasteiger partial charge in [-0.3, -0.25) is 0 Å². The van der Waals surface area contributed by atoms with Crippen molar-refractivity contribution in [2.75, 3.05) is 0 Å². The maximum atomic E-state index is 5.21. The van der Waals surface area contributed by atoms with Crippen LogP contribution in [-0.2, 0) is 0 Å². The number of nitrogens with one attached hydrogen (secondary N) is 1. The highest BCUT2D eigenvalue weighted by molar-refractivity contribution is 6.28. The van der Waals surface area contributed by atoms with E-state index < -0.39 is 0 Å². The molecule has 0 saturated heterocycles. The van der Waals surface area contributed by atoms with Crippen LogP contribution in [0.4, 0.5) is 5.69 Å². The van der Waals surface area contributed by atoms with Gasteiger partial charge in [0.05, 0.1) is 22.8 Å². The van der Waals surface area contributed by atoms with Gasteiger partial charge in [-0.15, -0.1) is 0 Å². The Hall–Kier alpha value is -8.01. The minimum absolute atomic E-state index is 0.0863. The molecule has 1 atom stereocenters. The van der Waals surface area contributed by atoms with Crippen LogP contribution in [0.15, 0.2) is 236 Å². The lowest BCUT2D eigenvalue weighted by molar-refractivity contribution is 0.732. The van der Waals surface area contributed by atoms with E-state index in [0.29, 0.717) is 0 Å². The Balaban J connectivity index is 0.990. The van der Waals surface area contributed by atoms with Gasteiger partial charge in [0.2, 0.25) is 0 Å². The minimum atomic E-state index is -0.0863. The van der Waals surface area contributed by atoms with Gasteiger partial charge in [-0.05, 0) is 122 Å². The van der Waals surface area contributed by atoms with E-state index in [2.05, 4.69) is 236 Å². The number of rotatable bonds is 8. The van der Waals surface area contributed by atoms with Gasteiger partial charge in [-0.25, -0.2) is 4.99 Å². The Kier molecular flexibility index (Phi) is 9.28. The molecule has 62 heavy (non-hydrogen) atoms. The zero-order chi connectivity index (χ0) is 41.6. The van der Waals surface area contributed by atoms with Crippen molar-refractivity contribution in [3.8, 4) is 16.8 Å². The first kappa shape index (κ1) is 37.0. The number of aliphatic imine (C=N–C) groups is 1. The van der Waals surface area contributed by atoms with E-state index in [-0.39, 0.29) is 6.04 Å². The van der Waals surface area contributed by atoms with Crippen molar-refractivity contribution in [3.63, 3.8) is 0 Å². The van der Waals surface area contributed by atoms with Crippen molar-refractivity contribution in [2.45, 2.75) is 13.0 Å². The van der Waals surface area contributed by atoms with Gasteiger partial charge in [0.25, 0.3) is 0 Å². The average Bonchev–Trinajstić information content (AvgIpc) is 3.69. The molecular formula is C59H43N3. The molecule has 2 heterocycles. The van der Waals surface area contributed by atoms with Gasteiger partial charge in [0.1, 0.15) is 5.84 Å². The number of aromatic nitrogens is 1. The second-order valence-corrected chi connectivity index (χ2v) is 16.2. The van der Waals surface area contributed by atoms with Crippen LogP contribution in [0.25, 0.3) is 71.3 Å². The first-order valence-electron chi connectivity index (χ1n) is 21.3. The van der Waals surface area contributed by atoms with E-state index in [9.17, 15) is 0 Å². The van der Waals surface area contributed by atoms with Crippen molar-refractivity contribution >= 4 is 66.0 Å². The van der Waals surface area contributed by atoms with Crippen molar-refractivity contribution in [2.24, 2.45) is 4.99 Å². The third kappa shape index (κ3) is 6.61. The number of hydrogen-bond acceptors (Lipinski definition) is 2. The van der Waals surface area contributed by atoms with Crippen molar-refractivity contribution in [1.82, 2.24) is 9.88 Å². The van der Waals surface area contributed by atoms with Gasteiger partial charge in [-0.2, -0.15) is 0 Å². The molecule has 3 heteroatoms. The summed E-state index contributed by atoms with van der Waals surface area (Å²) >= 11 is 0. The lowest BCUT2D eigenvalue weighted by Crippen LogP contribution is -2.32. The summed E-state index contributed by atoms with van der Waals surface area (Å²) < 4.78 is 2.42. The average molecular weight is 794 g/mol. The molecule has 0 bridgehead atoms. The molecule has 0 spiro atoms. The van der Waals surface area contributed by atoms with E-state index >= 15 is 0 Å². The van der Waals surface area contributed by atoms with Gasteiger partial charge in [0.15, 0.2) is 0 Å². The van der Waals surface area contributed by atoms with Gasteiger partial charge in [0, 0.05) is 27.6 Å². The van der Waals surface area contributed by atoms with Crippen LogP contribution in [0.3, 0.4) is 0 Å². The topological polar surface area (TPSA) is 29.3 Å². The number of amidine groups is 1. The normalized spacial score (nSPS) is 14.2. The quantitative estimate of drug-likeness (QED) is 0.153. The van der Waals surface area contributed by atoms with E-state index in [4.69, 9.17) is 4.99 Å². The number of allylic oxidation sites excluding steroid dienone is 4. The van der Waals surface area contributed by atoms with Crippen molar-refractivity contribution in [3.05, 3.63) is 253 Å². The maximum absolute atomic E-state index is 5.21. The minimum Gasteiger partial charge on any atom is -0.359 e. The van der Waals surface area contributed by atoms with Crippen LogP contribution in [0, 0.1) is 0 Å². The monoisotopic (exact) mass is 793 g/mol. The predicted molar refractivity (Wildman–Crippen MR) is 263 cm³/mol. The van der Waals surface area contributed by atoms with Crippen LogP contribution in [0.5, 0.6) is 0 Å². The zero-order valence-electron chi connectivity index (χ0n) is 34.5. The number of fused-ring (bicyclic) bond motifs is 8. The second kappa shape index (κ2) is 15.5. The van der Waals surface area contributed by atoms with Crippen LogP contribution in [0.1, 0.15) is 35.2 Å². The summed E-state index contributed by atoms with van der Waals surface area (Å²) in [5.41, 5.74) is 14.6. The van der Waals surface area contributed by atoms with E-state index in [1.807, 2.05) is 6.07 Å². The molecule has 0 amide bonds. The van der Waals surface area contributed by atoms with E-state index in [0.717, 1.165) is 50.6 Å². The third-order valence-electron chi connectivity index (χ3n) is 12.3. The summed E-state index contributed by atoms with van der Waals surface area (Å²) in [6.07, 6.45) is 4.49. The molecule has 0 saturated carbocycles. The smallest absolute Gasteiger partial charge is 0.134 e. The highest BCUT2D eigenvalue weighted by atomic mass is 15.1. The van der Waals surface area contributed by atoms with E-state index in [1.165, 1.54) is 60.1 Å². The lowest BCUT2D eigenvalue weighted by atomic mass is 9.92. The molecule has 10 aromatic rings. The molecule has 1 aromatic heterocycles. The highest BCUT2D eigenvalue weighted by Crippen LogP contribution is 2.42. The second-order valence-electron chi connectivity index (χ2n) is 16.2. The molecule has 1 aliphatic rings. The summed E-state index contributed by atoms with van der Waals surface area (Å²) in [6.45, 7) is 6.66. The fourth-order valence-electron chi connectivity index (χ4n) is 9.26. The fourth-order valence-corrected chi connectivity index (χ4v) is 9.26. The summed E-state index contributed by atoms with van der Waals surface area (Å²) in [5.74, 6) is 0.848. The maximum Gasteiger partial charge on any atom is 0.134 e. The zero-order valence-corrected chi connectivity index (χ0v) is 34.5. The predicted octanol–water partition coefficient (Wildman–Crippen LogP) is 15.2. The summed E-state index contributed by atoms with van der Waals surface area (Å²) in [7, 11) is 0. The largest absolute Gasteiger partial charge is 0.359 e. The standard InChI is InChI=1S/C59H43N3/c1-39(41-16-6-3-7-17-41)36-48(43-20-10-5-11-21-43)37-40(2)58-52-24-14-15-25-53(52)60-59(61-58)45-26-31-49(32-27-45)62-54-34-29-44-22-12-13-23-50(44)56(54)57-51-33-28-46(42-18-8-4-9-19-42)38-47(51)30-35-55(57)62/h3-38,58H,1H2,2H3,(H,60,61)/b40-37+,48-36+. The Morgan fingerprint density at radius 1 is 0.532 bits per heavy atom. The summed E-state index contributed by atoms with van der Waals surface area (Å²) in [5, 5.41) is 11.4. The molecule has 3 nitrogen and oxygen atoms in total. The molecule has 1 N–H and O–H groups in total. The number of nitrogens with zero attached hydrogens (tertiary/aromatic N) is 2. The molecule has 9 aromatic carbocycles. The highest BCUT2D eigenvalue weighted by Gasteiger charge is 2.25. The fraction of sp³-hybridized carbons (Fsp3) is 0.0339. The first-order chi connectivity index (χ1) is 30.6. The number of benzene rings is 9. The Morgan fingerprint density at radius 2 is 1.13 bits per heavy atom. The Bertz CT molecular complexity index is 3430. The van der Waals surface area contributed by atoms with Crippen LogP contribution in [-0.4, -0.2) is 10.4 Å². The van der Waals surface area contributed by atoms with E-state index in [1.54, 1.807) is 0 Å². The number of para-hydroxylation sites is 1. The third-order valence-corrected chi connectivity index (χ3v) is 12.3. The molecule has 0 aliphatic carbocycles. The molecule has 1 aliphatic heterocycles. The summed E-state index contributed by atoms with van der Waals surface area (Å²) in [6, 6.07) is 73.6. The number of hydrogen-bond donors (Lipinski definition) is 1.